The molecule has 78 valence electrons. The van der Waals surface area contributed by atoms with Crippen LogP contribution < -0.4 is 11.2 Å². The maximum atomic E-state index is 12.0. The van der Waals surface area contributed by atoms with Gasteiger partial charge in [0.1, 0.15) is 0 Å². The van der Waals surface area contributed by atoms with Gasteiger partial charge in [0.2, 0.25) is 5.82 Å². The molecule has 1 aromatic rings. The maximum absolute atomic E-state index is 12.0. The zero-order valence-corrected chi connectivity index (χ0v) is 7.97. The van der Waals surface area contributed by atoms with Crippen LogP contribution in [-0.4, -0.2) is 21.6 Å². The smallest absolute Gasteiger partial charge is 0.325 e. The van der Waals surface area contributed by atoms with E-state index in [-0.39, 0.29) is 5.56 Å². The van der Waals surface area contributed by atoms with Gasteiger partial charge in [0, 0.05) is 6.20 Å². The minimum absolute atomic E-state index is 0.0231. The second kappa shape index (κ2) is 4.39. The summed E-state index contributed by atoms with van der Waals surface area (Å²) in [6.45, 7) is 1.94. The van der Waals surface area contributed by atoms with Gasteiger partial charge in [-0.25, -0.2) is 4.79 Å². The Balaban J connectivity index is 0.000000165. The molecule has 14 heavy (non-hydrogen) atoms. The van der Waals surface area contributed by atoms with E-state index in [2.05, 4.69) is 4.74 Å². The molecule has 0 aromatic carbocycles. The van der Waals surface area contributed by atoms with Gasteiger partial charge < -0.3 is 9.72 Å². The van der Waals surface area contributed by atoms with Crippen LogP contribution in [0.2, 0.25) is 0 Å². The van der Waals surface area contributed by atoms with Crippen LogP contribution in [0.4, 0.5) is 4.39 Å². The third kappa shape index (κ3) is 3.31. The molecule has 1 aliphatic heterocycles. The van der Waals surface area contributed by atoms with Crippen molar-refractivity contribution in [3.05, 3.63) is 32.9 Å². The highest BCUT2D eigenvalue weighted by Gasteiger charge is 2.30. The summed E-state index contributed by atoms with van der Waals surface area (Å²) in [7, 11) is 0. The molecular formula is C7H8ClFN2O3. The second-order valence-electron chi connectivity index (χ2n) is 2.61. The monoisotopic (exact) mass is 222 g/mol. The number of nitrogens with one attached hydrogen (secondary N) is 2. The SMILES string of the molecule is CC1OC1Cl.O=c1[nH]cc(F)c(=O)[nH]1. The Morgan fingerprint density at radius 1 is 1.57 bits per heavy atom. The quantitative estimate of drug-likeness (QED) is 0.485. The van der Waals surface area contributed by atoms with E-state index in [1.165, 1.54) is 0 Å². The van der Waals surface area contributed by atoms with Gasteiger partial charge in [0.15, 0.2) is 5.56 Å². The number of H-pyrrole nitrogens is 2. The number of ether oxygens (including phenoxy) is 1. The van der Waals surface area contributed by atoms with E-state index < -0.39 is 17.1 Å². The molecule has 1 fully saturated rings. The van der Waals surface area contributed by atoms with Crippen molar-refractivity contribution in [2.24, 2.45) is 0 Å². The number of aromatic amines is 2. The Hall–Kier alpha value is -1.14. The first kappa shape index (κ1) is 10.9. The highest BCUT2D eigenvalue weighted by Crippen LogP contribution is 2.23. The third-order valence-electron chi connectivity index (χ3n) is 1.41. The van der Waals surface area contributed by atoms with Crippen LogP contribution in [0.15, 0.2) is 15.8 Å². The zero-order chi connectivity index (χ0) is 10.7. The van der Waals surface area contributed by atoms with Crippen LogP contribution >= 0.6 is 11.6 Å². The first-order valence-corrected chi connectivity index (χ1v) is 4.21. The molecule has 0 spiro atoms. The van der Waals surface area contributed by atoms with Gasteiger partial charge in [-0.3, -0.25) is 9.78 Å². The zero-order valence-electron chi connectivity index (χ0n) is 7.21. The summed E-state index contributed by atoms with van der Waals surface area (Å²) in [4.78, 5) is 24.0. The molecule has 2 unspecified atom stereocenters. The summed E-state index contributed by atoms with van der Waals surface area (Å²) in [6, 6.07) is 0. The Morgan fingerprint density at radius 3 is 2.36 bits per heavy atom. The van der Waals surface area contributed by atoms with Crippen molar-refractivity contribution in [3.8, 4) is 0 Å². The number of epoxide rings is 1. The maximum Gasteiger partial charge on any atom is 0.325 e. The van der Waals surface area contributed by atoms with Crippen LogP contribution in [0, 0.1) is 5.82 Å². The first-order chi connectivity index (χ1) is 6.50. The van der Waals surface area contributed by atoms with Crippen molar-refractivity contribution >= 4 is 11.6 Å². The fourth-order valence-corrected chi connectivity index (χ4v) is 0.715. The Bertz CT molecular complexity index is 410. The molecule has 0 amide bonds. The predicted molar refractivity (Wildman–Crippen MR) is 47.8 cm³/mol. The lowest BCUT2D eigenvalue weighted by atomic mass is 10.6. The summed E-state index contributed by atoms with van der Waals surface area (Å²) in [5.41, 5.74) is -1.69. The van der Waals surface area contributed by atoms with Gasteiger partial charge in [0.25, 0.3) is 5.56 Å². The average Bonchev–Trinajstić information content (AvgIpc) is 2.74. The van der Waals surface area contributed by atoms with Crippen molar-refractivity contribution in [1.29, 1.82) is 0 Å². The van der Waals surface area contributed by atoms with E-state index in [0.29, 0.717) is 12.3 Å². The highest BCUT2D eigenvalue weighted by atomic mass is 35.5. The Labute approximate surface area is 82.9 Å². The van der Waals surface area contributed by atoms with Gasteiger partial charge >= 0.3 is 5.69 Å². The molecule has 2 N–H and O–H groups in total. The van der Waals surface area contributed by atoms with Crippen molar-refractivity contribution in [1.82, 2.24) is 9.97 Å². The average molecular weight is 223 g/mol. The van der Waals surface area contributed by atoms with E-state index in [1.54, 1.807) is 4.98 Å². The number of hydrogen-bond acceptors (Lipinski definition) is 3. The lowest BCUT2D eigenvalue weighted by Crippen LogP contribution is -2.23. The topological polar surface area (TPSA) is 78.2 Å². The summed E-state index contributed by atoms with van der Waals surface area (Å²) in [6.07, 6.45) is 1.03. The molecule has 0 radical (unpaired) electrons. The van der Waals surface area contributed by atoms with Crippen LogP contribution in [-0.2, 0) is 4.74 Å². The normalized spacial score (nSPS) is 23.6. The Morgan fingerprint density at radius 2 is 2.07 bits per heavy atom. The molecule has 2 heterocycles. The van der Waals surface area contributed by atoms with Crippen molar-refractivity contribution in [2.75, 3.05) is 0 Å². The summed E-state index contributed by atoms with van der Waals surface area (Å²) >= 11 is 5.31. The van der Waals surface area contributed by atoms with Crippen molar-refractivity contribution in [2.45, 2.75) is 18.6 Å². The number of hydrogen-bond donors (Lipinski definition) is 2. The molecule has 1 aliphatic rings. The van der Waals surface area contributed by atoms with E-state index in [4.69, 9.17) is 11.6 Å². The molecule has 2 atom stereocenters. The number of alkyl halides is 1. The van der Waals surface area contributed by atoms with Gasteiger partial charge in [-0.1, -0.05) is 11.6 Å². The van der Waals surface area contributed by atoms with Crippen LogP contribution in [0.1, 0.15) is 6.92 Å². The molecule has 0 aliphatic carbocycles. The van der Waals surface area contributed by atoms with Gasteiger partial charge in [0.05, 0.1) is 6.10 Å². The van der Waals surface area contributed by atoms with Gasteiger partial charge in [-0.05, 0) is 6.92 Å². The van der Waals surface area contributed by atoms with Crippen molar-refractivity contribution in [3.63, 3.8) is 0 Å². The molecule has 1 aromatic heterocycles. The van der Waals surface area contributed by atoms with Gasteiger partial charge in [-0.15, -0.1) is 0 Å². The van der Waals surface area contributed by atoms with Crippen molar-refractivity contribution < 1.29 is 9.13 Å². The molecular weight excluding hydrogens is 215 g/mol. The second-order valence-corrected chi connectivity index (χ2v) is 3.04. The van der Waals surface area contributed by atoms with Gasteiger partial charge in [-0.2, -0.15) is 4.39 Å². The lowest BCUT2D eigenvalue weighted by Gasteiger charge is -1.81. The number of aromatic nitrogens is 2. The molecule has 0 bridgehead atoms. The first-order valence-electron chi connectivity index (χ1n) is 3.77. The van der Waals surface area contributed by atoms with E-state index in [0.717, 1.165) is 0 Å². The fraction of sp³-hybridized carbons (Fsp3) is 0.429. The largest absolute Gasteiger partial charge is 0.353 e. The fourth-order valence-electron chi connectivity index (χ4n) is 0.553. The molecule has 0 saturated carbocycles. The van der Waals surface area contributed by atoms with Crippen LogP contribution in [0.25, 0.3) is 0 Å². The van der Waals surface area contributed by atoms with E-state index >= 15 is 0 Å². The summed E-state index contributed by atoms with van der Waals surface area (Å²) in [5, 5.41) is 0. The molecule has 7 heteroatoms. The Kier molecular flexibility index (Phi) is 3.43. The van der Waals surface area contributed by atoms with Crippen LogP contribution in [0.3, 0.4) is 0 Å². The highest BCUT2D eigenvalue weighted by molar-refractivity contribution is 6.21. The third-order valence-corrected chi connectivity index (χ3v) is 1.87. The summed E-state index contributed by atoms with van der Waals surface area (Å²) in [5.74, 6) is -0.991. The number of halogens is 2. The van der Waals surface area contributed by atoms with Crippen LogP contribution in [0.5, 0.6) is 0 Å². The number of rotatable bonds is 0. The predicted octanol–water partition coefficient (Wildman–Crippen LogP) is 0.172. The standard InChI is InChI=1S/C4H3FN2O2.C3H5ClO/c5-2-1-6-4(9)7-3(2)8;1-2-3(4)5-2/h1H,(H2,6,7,8,9);2-3H,1H3. The minimum Gasteiger partial charge on any atom is -0.353 e. The molecule has 2 rings (SSSR count). The lowest BCUT2D eigenvalue weighted by molar-refractivity contribution is 0.411. The minimum atomic E-state index is -1.00. The van der Waals surface area contributed by atoms with E-state index in [1.807, 2.05) is 11.9 Å². The molecule has 1 saturated heterocycles. The summed E-state index contributed by atoms with van der Waals surface area (Å²) < 4.78 is 16.7. The molecule has 5 nitrogen and oxygen atoms in total. The van der Waals surface area contributed by atoms with E-state index in [9.17, 15) is 14.0 Å².